The van der Waals surface area contributed by atoms with Crippen LogP contribution in [0.1, 0.15) is 0 Å². The second kappa shape index (κ2) is 6.59. The minimum Gasteiger partial charge on any atom is -0.506 e. The minimum absolute atomic E-state index is 0.0168. The maximum absolute atomic E-state index is 11.2. The van der Waals surface area contributed by atoms with Crippen LogP contribution in [0.5, 0.6) is 11.5 Å². The number of benzene rings is 3. The molecule has 0 fully saturated rings. The zero-order chi connectivity index (χ0) is 20.8. The standard InChI is InChI=1S/C21H17N5O4/c1-30-12-6-7-17(18(27)10-12)26-20-19-14(13-4-2-3-5-15(13)25-26)8-11(22-21(28)29)9-16(19)23-24-20/h2-10,22,25,27H,1H3,(H,23,24)(H,28,29). The van der Waals surface area contributed by atoms with Gasteiger partial charge in [0.1, 0.15) is 17.2 Å². The van der Waals surface area contributed by atoms with Crippen molar-refractivity contribution in [3.8, 4) is 22.6 Å². The van der Waals surface area contributed by atoms with Crippen molar-refractivity contribution in [3.63, 3.8) is 0 Å². The quantitative estimate of drug-likeness (QED) is 0.341. The number of nitrogens with one attached hydrogen (secondary N) is 3. The van der Waals surface area contributed by atoms with Gasteiger partial charge in [-0.2, -0.15) is 5.10 Å². The van der Waals surface area contributed by atoms with Crippen molar-refractivity contribution in [3.05, 3.63) is 54.6 Å². The van der Waals surface area contributed by atoms with Crippen molar-refractivity contribution in [1.82, 2.24) is 10.2 Å². The molecule has 9 heteroatoms. The molecule has 0 bridgehead atoms. The molecule has 0 radical (unpaired) electrons. The molecule has 5 rings (SSSR count). The van der Waals surface area contributed by atoms with Crippen molar-refractivity contribution in [2.24, 2.45) is 0 Å². The van der Waals surface area contributed by atoms with E-state index >= 15 is 0 Å². The SMILES string of the molecule is COc1ccc(N2Nc3ccccc3-c3cc(NC(=O)O)cc4[nH]nc2c34)c(O)c1. The lowest BCUT2D eigenvalue weighted by molar-refractivity contribution is 0.210. The largest absolute Gasteiger partial charge is 0.506 e. The number of aromatic hydroxyl groups is 1. The maximum atomic E-state index is 11.2. The lowest BCUT2D eigenvalue weighted by Crippen LogP contribution is -2.24. The van der Waals surface area contributed by atoms with E-state index in [2.05, 4.69) is 20.9 Å². The Morgan fingerprint density at radius 3 is 2.73 bits per heavy atom. The van der Waals surface area contributed by atoms with Gasteiger partial charge in [0.05, 0.1) is 23.7 Å². The molecule has 5 N–H and O–H groups in total. The van der Waals surface area contributed by atoms with Gasteiger partial charge >= 0.3 is 6.09 Å². The summed E-state index contributed by atoms with van der Waals surface area (Å²) in [7, 11) is 1.53. The van der Waals surface area contributed by atoms with Crippen molar-refractivity contribution in [2.75, 3.05) is 22.9 Å². The number of hydrazine groups is 1. The average Bonchev–Trinajstić information content (AvgIpc) is 3.09. The first-order chi connectivity index (χ1) is 14.5. The molecule has 3 aromatic carbocycles. The molecule has 0 unspecified atom stereocenters. The Hall–Kier alpha value is -4.40. The van der Waals surface area contributed by atoms with E-state index in [0.29, 0.717) is 28.5 Å². The van der Waals surface area contributed by atoms with Crippen LogP contribution in [0.25, 0.3) is 22.0 Å². The summed E-state index contributed by atoms with van der Waals surface area (Å²) in [6, 6.07) is 16.1. The highest BCUT2D eigenvalue weighted by Gasteiger charge is 2.27. The molecule has 0 spiro atoms. The number of ether oxygens (including phenoxy) is 1. The summed E-state index contributed by atoms with van der Waals surface area (Å²) in [5.41, 5.74) is 7.34. The number of hydrogen-bond acceptors (Lipinski definition) is 6. The number of amides is 1. The highest BCUT2D eigenvalue weighted by Crippen LogP contribution is 2.46. The number of methoxy groups -OCH3 is 1. The third-order valence-electron chi connectivity index (χ3n) is 4.98. The Bertz CT molecular complexity index is 1300. The fourth-order valence-electron chi connectivity index (χ4n) is 3.69. The molecule has 0 saturated carbocycles. The lowest BCUT2D eigenvalue weighted by Gasteiger charge is -2.24. The molecular formula is C21H17N5O4. The van der Waals surface area contributed by atoms with Gasteiger partial charge in [0.25, 0.3) is 0 Å². The van der Waals surface area contributed by atoms with Gasteiger partial charge in [0, 0.05) is 17.3 Å². The number of aromatic nitrogens is 2. The van der Waals surface area contributed by atoms with Crippen LogP contribution in [0.2, 0.25) is 0 Å². The summed E-state index contributed by atoms with van der Waals surface area (Å²) >= 11 is 0. The first-order valence-corrected chi connectivity index (χ1v) is 9.10. The number of rotatable bonds is 3. The summed E-state index contributed by atoms with van der Waals surface area (Å²) in [4.78, 5) is 11.2. The average molecular weight is 403 g/mol. The number of nitrogens with zero attached hydrogens (tertiary/aromatic N) is 2. The Morgan fingerprint density at radius 2 is 1.97 bits per heavy atom. The maximum Gasteiger partial charge on any atom is 0.409 e. The number of anilines is 4. The molecule has 2 heterocycles. The van der Waals surface area contributed by atoms with Gasteiger partial charge in [-0.3, -0.25) is 15.8 Å². The molecule has 1 amide bonds. The number of phenolic OH excluding ortho intramolecular Hbond substituents is 1. The first-order valence-electron chi connectivity index (χ1n) is 9.10. The van der Waals surface area contributed by atoms with E-state index in [0.717, 1.165) is 22.2 Å². The van der Waals surface area contributed by atoms with Crippen molar-refractivity contribution >= 4 is 39.9 Å². The van der Waals surface area contributed by atoms with E-state index in [-0.39, 0.29) is 5.75 Å². The van der Waals surface area contributed by atoms with E-state index in [1.807, 2.05) is 24.3 Å². The predicted octanol–water partition coefficient (Wildman–Crippen LogP) is 4.51. The molecule has 4 aromatic rings. The number of carbonyl (C=O) groups is 1. The van der Waals surface area contributed by atoms with Crippen LogP contribution in [-0.4, -0.2) is 33.6 Å². The van der Waals surface area contributed by atoms with Crippen molar-refractivity contribution < 1.29 is 19.7 Å². The van der Waals surface area contributed by atoms with Crippen LogP contribution >= 0.6 is 0 Å². The summed E-state index contributed by atoms with van der Waals surface area (Å²) in [5, 5.41) is 32.1. The van der Waals surface area contributed by atoms with Gasteiger partial charge in [-0.1, -0.05) is 18.2 Å². The van der Waals surface area contributed by atoms with Crippen LogP contribution in [-0.2, 0) is 0 Å². The Morgan fingerprint density at radius 1 is 1.13 bits per heavy atom. The van der Waals surface area contributed by atoms with Crippen LogP contribution in [0, 0.1) is 0 Å². The summed E-state index contributed by atoms with van der Waals surface area (Å²) < 4.78 is 5.19. The predicted molar refractivity (Wildman–Crippen MR) is 114 cm³/mol. The lowest BCUT2D eigenvalue weighted by atomic mass is 9.99. The zero-order valence-electron chi connectivity index (χ0n) is 15.8. The van der Waals surface area contributed by atoms with E-state index in [9.17, 15) is 9.90 Å². The molecule has 0 atom stereocenters. The molecular weight excluding hydrogens is 386 g/mol. The molecule has 0 saturated heterocycles. The van der Waals surface area contributed by atoms with Gasteiger partial charge in [0.15, 0.2) is 5.82 Å². The summed E-state index contributed by atoms with van der Waals surface area (Å²) in [6.07, 6.45) is -1.15. The second-order valence-electron chi connectivity index (χ2n) is 6.77. The number of phenols is 1. The van der Waals surface area contributed by atoms with Gasteiger partial charge < -0.3 is 14.9 Å². The first kappa shape index (κ1) is 17.7. The summed E-state index contributed by atoms with van der Waals surface area (Å²) in [6.45, 7) is 0. The second-order valence-corrected chi connectivity index (χ2v) is 6.77. The Labute approximate surface area is 170 Å². The highest BCUT2D eigenvalue weighted by atomic mass is 16.5. The Balaban J connectivity index is 1.78. The molecule has 0 aliphatic carbocycles. The number of aromatic amines is 1. The van der Waals surface area contributed by atoms with Gasteiger partial charge in [-0.15, -0.1) is 0 Å². The number of hydrogen-bond donors (Lipinski definition) is 5. The third-order valence-corrected chi connectivity index (χ3v) is 4.98. The molecule has 1 aliphatic heterocycles. The van der Waals surface area contributed by atoms with Crippen LogP contribution < -0.4 is 20.5 Å². The smallest absolute Gasteiger partial charge is 0.409 e. The normalized spacial score (nSPS) is 12.1. The monoisotopic (exact) mass is 403 g/mol. The fraction of sp³-hybridized carbons (Fsp3) is 0.0476. The highest BCUT2D eigenvalue weighted by molar-refractivity contribution is 6.10. The number of carboxylic acid groups (broad SMARTS) is 1. The van der Waals surface area contributed by atoms with Crippen LogP contribution in [0.3, 0.4) is 0 Å². The van der Waals surface area contributed by atoms with E-state index in [4.69, 9.17) is 9.84 Å². The van der Waals surface area contributed by atoms with Crippen LogP contribution in [0.15, 0.2) is 54.6 Å². The van der Waals surface area contributed by atoms with E-state index in [1.54, 1.807) is 29.3 Å². The zero-order valence-corrected chi connectivity index (χ0v) is 15.8. The minimum atomic E-state index is -1.15. The number of H-pyrrole nitrogens is 1. The topological polar surface area (TPSA) is 123 Å². The van der Waals surface area contributed by atoms with E-state index < -0.39 is 6.09 Å². The number of fused-ring (bicyclic) bond motifs is 2. The third kappa shape index (κ3) is 2.72. The van der Waals surface area contributed by atoms with E-state index in [1.165, 1.54) is 13.2 Å². The number of para-hydroxylation sites is 1. The van der Waals surface area contributed by atoms with Gasteiger partial charge in [-0.25, -0.2) is 9.80 Å². The van der Waals surface area contributed by atoms with Crippen molar-refractivity contribution in [2.45, 2.75) is 0 Å². The molecule has 150 valence electrons. The molecule has 1 aliphatic rings. The Kier molecular flexibility index (Phi) is 3.88. The van der Waals surface area contributed by atoms with Gasteiger partial charge in [0.2, 0.25) is 0 Å². The van der Waals surface area contributed by atoms with Crippen LogP contribution in [0.4, 0.5) is 27.7 Å². The molecule has 1 aromatic heterocycles. The fourth-order valence-corrected chi connectivity index (χ4v) is 3.69. The van der Waals surface area contributed by atoms with Gasteiger partial charge in [-0.05, 0) is 35.9 Å². The molecule has 30 heavy (non-hydrogen) atoms. The summed E-state index contributed by atoms with van der Waals surface area (Å²) in [5.74, 6) is 1.09. The van der Waals surface area contributed by atoms with Crippen molar-refractivity contribution in [1.29, 1.82) is 0 Å². The molecule has 9 nitrogen and oxygen atoms in total.